The molecular formula is C11H22OS. The van der Waals surface area contributed by atoms with Crippen LogP contribution in [0.3, 0.4) is 0 Å². The zero-order valence-electron chi connectivity index (χ0n) is 8.97. The van der Waals surface area contributed by atoms with Gasteiger partial charge >= 0.3 is 0 Å². The fourth-order valence-electron chi connectivity index (χ4n) is 1.28. The number of hydrogen-bond donors (Lipinski definition) is 0. The highest BCUT2D eigenvalue weighted by Gasteiger charge is 1.99. The summed E-state index contributed by atoms with van der Waals surface area (Å²) in [6.45, 7) is 4.26. The van der Waals surface area contributed by atoms with Crippen molar-refractivity contribution in [1.29, 1.82) is 0 Å². The van der Waals surface area contributed by atoms with Crippen molar-refractivity contribution in [2.45, 2.75) is 58.8 Å². The molecule has 0 amide bonds. The maximum absolute atomic E-state index is 11.1. The molecule has 0 aliphatic carbocycles. The minimum Gasteiger partial charge on any atom is -0.287 e. The van der Waals surface area contributed by atoms with Crippen LogP contribution in [0.2, 0.25) is 0 Å². The average Bonchev–Trinajstić information content (AvgIpc) is 2.11. The third-order valence-corrected chi connectivity index (χ3v) is 2.85. The molecule has 0 rings (SSSR count). The quantitative estimate of drug-likeness (QED) is 0.553. The van der Waals surface area contributed by atoms with E-state index in [1.54, 1.807) is 0 Å². The van der Waals surface area contributed by atoms with Gasteiger partial charge in [-0.05, 0) is 12.2 Å². The highest BCUT2D eigenvalue weighted by Crippen LogP contribution is 2.11. The molecule has 0 N–H and O–H groups in total. The lowest BCUT2D eigenvalue weighted by Gasteiger charge is -1.99. The van der Waals surface area contributed by atoms with Gasteiger partial charge in [0, 0.05) is 6.42 Å². The summed E-state index contributed by atoms with van der Waals surface area (Å²) in [5.41, 5.74) is 0. The van der Waals surface area contributed by atoms with Gasteiger partial charge in [-0.25, -0.2) is 0 Å². The molecule has 78 valence electrons. The second kappa shape index (κ2) is 10.1. The van der Waals surface area contributed by atoms with E-state index in [9.17, 15) is 4.79 Å². The first-order chi connectivity index (χ1) is 6.31. The van der Waals surface area contributed by atoms with E-state index in [4.69, 9.17) is 0 Å². The van der Waals surface area contributed by atoms with Gasteiger partial charge in [-0.1, -0.05) is 57.7 Å². The molecule has 0 spiro atoms. The Bertz CT molecular complexity index is 123. The molecule has 13 heavy (non-hydrogen) atoms. The van der Waals surface area contributed by atoms with Crippen LogP contribution >= 0.6 is 11.8 Å². The second-order valence-electron chi connectivity index (χ2n) is 3.32. The predicted octanol–water partition coefficient (Wildman–Crippen LogP) is 4.02. The van der Waals surface area contributed by atoms with Gasteiger partial charge in [0.25, 0.3) is 0 Å². The number of hydrogen-bond acceptors (Lipinski definition) is 2. The summed E-state index contributed by atoms with van der Waals surface area (Å²) >= 11 is 1.46. The lowest BCUT2D eigenvalue weighted by atomic mass is 10.1. The lowest BCUT2D eigenvalue weighted by Crippen LogP contribution is -1.91. The Labute approximate surface area is 86.7 Å². The van der Waals surface area contributed by atoms with E-state index in [0.717, 1.165) is 18.6 Å². The monoisotopic (exact) mass is 202 g/mol. The first-order valence-corrected chi connectivity index (χ1v) is 6.45. The Balaban J connectivity index is 3.02. The number of carbonyl (C=O) groups excluding carboxylic acids is 1. The molecule has 0 saturated heterocycles. The van der Waals surface area contributed by atoms with Gasteiger partial charge in [0.15, 0.2) is 5.12 Å². The first-order valence-electron chi connectivity index (χ1n) is 5.46. The van der Waals surface area contributed by atoms with Gasteiger partial charge in [0.1, 0.15) is 0 Å². The normalized spacial score (nSPS) is 10.3. The average molecular weight is 202 g/mol. The van der Waals surface area contributed by atoms with Gasteiger partial charge in [-0.3, -0.25) is 4.79 Å². The van der Waals surface area contributed by atoms with E-state index < -0.39 is 0 Å². The van der Waals surface area contributed by atoms with Gasteiger partial charge in [-0.2, -0.15) is 0 Å². The molecule has 0 fully saturated rings. The SMILES string of the molecule is CCCCCCCCC(=O)SCC. The third-order valence-electron chi connectivity index (χ3n) is 2.04. The summed E-state index contributed by atoms with van der Waals surface area (Å²) in [6.07, 6.45) is 8.39. The lowest BCUT2D eigenvalue weighted by molar-refractivity contribution is -0.111. The molecule has 0 unspecified atom stereocenters. The summed E-state index contributed by atoms with van der Waals surface area (Å²) in [5, 5.41) is 0.373. The van der Waals surface area contributed by atoms with Crippen molar-refractivity contribution in [3.05, 3.63) is 0 Å². The van der Waals surface area contributed by atoms with Crippen molar-refractivity contribution in [3.8, 4) is 0 Å². The Kier molecular flexibility index (Phi) is 10.1. The van der Waals surface area contributed by atoms with Crippen LogP contribution in [-0.4, -0.2) is 10.9 Å². The van der Waals surface area contributed by atoms with E-state index in [0.29, 0.717) is 5.12 Å². The standard InChI is InChI=1S/C11H22OS/c1-3-5-6-7-8-9-10-11(12)13-4-2/h3-10H2,1-2H3. The van der Waals surface area contributed by atoms with E-state index in [1.165, 1.54) is 43.9 Å². The molecule has 0 bridgehead atoms. The van der Waals surface area contributed by atoms with E-state index in [-0.39, 0.29) is 0 Å². The minimum atomic E-state index is 0.373. The van der Waals surface area contributed by atoms with Gasteiger partial charge < -0.3 is 0 Å². The molecule has 0 aliphatic rings. The molecule has 1 nitrogen and oxygen atoms in total. The van der Waals surface area contributed by atoms with Gasteiger partial charge in [0.2, 0.25) is 0 Å². The zero-order valence-corrected chi connectivity index (χ0v) is 9.79. The molecular weight excluding hydrogens is 180 g/mol. The predicted molar refractivity (Wildman–Crippen MR) is 61.1 cm³/mol. The van der Waals surface area contributed by atoms with Crippen molar-refractivity contribution in [3.63, 3.8) is 0 Å². The zero-order chi connectivity index (χ0) is 9.94. The van der Waals surface area contributed by atoms with Crippen LogP contribution in [0.1, 0.15) is 58.8 Å². The van der Waals surface area contributed by atoms with Crippen LogP contribution in [-0.2, 0) is 4.79 Å². The summed E-state index contributed by atoms with van der Waals surface area (Å²) < 4.78 is 0. The third kappa shape index (κ3) is 9.94. The summed E-state index contributed by atoms with van der Waals surface area (Å²) in [5.74, 6) is 0.925. The smallest absolute Gasteiger partial charge is 0.188 e. The van der Waals surface area contributed by atoms with Gasteiger partial charge in [-0.15, -0.1) is 0 Å². The topological polar surface area (TPSA) is 17.1 Å². The highest BCUT2D eigenvalue weighted by molar-refractivity contribution is 8.13. The van der Waals surface area contributed by atoms with Crippen molar-refractivity contribution in [1.82, 2.24) is 0 Å². The van der Waals surface area contributed by atoms with E-state index in [1.807, 2.05) is 6.92 Å². The van der Waals surface area contributed by atoms with Crippen LogP contribution in [0.4, 0.5) is 0 Å². The van der Waals surface area contributed by atoms with E-state index in [2.05, 4.69) is 6.92 Å². The van der Waals surface area contributed by atoms with Crippen LogP contribution < -0.4 is 0 Å². The van der Waals surface area contributed by atoms with Crippen molar-refractivity contribution < 1.29 is 4.79 Å². The van der Waals surface area contributed by atoms with Crippen molar-refractivity contribution in [2.75, 3.05) is 5.75 Å². The van der Waals surface area contributed by atoms with Crippen LogP contribution in [0.5, 0.6) is 0 Å². The number of rotatable bonds is 8. The Hall–Kier alpha value is 0.0200. The fourth-order valence-corrected chi connectivity index (χ4v) is 1.89. The molecule has 0 aromatic carbocycles. The molecule has 0 radical (unpaired) electrons. The minimum absolute atomic E-state index is 0.373. The molecule has 0 heterocycles. The Morgan fingerprint density at radius 1 is 1.00 bits per heavy atom. The molecule has 2 heteroatoms. The molecule has 0 saturated carbocycles. The molecule has 0 atom stereocenters. The maximum atomic E-state index is 11.1. The Morgan fingerprint density at radius 2 is 1.62 bits per heavy atom. The summed E-state index contributed by atoms with van der Waals surface area (Å²) in [4.78, 5) is 11.1. The number of carbonyl (C=O) groups is 1. The number of unbranched alkanes of at least 4 members (excludes halogenated alkanes) is 5. The fraction of sp³-hybridized carbons (Fsp3) is 0.909. The van der Waals surface area contributed by atoms with Crippen molar-refractivity contribution >= 4 is 16.9 Å². The number of thioether (sulfide) groups is 1. The van der Waals surface area contributed by atoms with E-state index >= 15 is 0 Å². The van der Waals surface area contributed by atoms with Crippen LogP contribution in [0, 0.1) is 0 Å². The molecule has 0 aromatic rings. The van der Waals surface area contributed by atoms with Crippen molar-refractivity contribution in [2.24, 2.45) is 0 Å². The molecule has 0 aromatic heterocycles. The first kappa shape index (κ1) is 13.0. The Morgan fingerprint density at radius 3 is 2.23 bits per heavy atom. The summed E-state index contributed by atoms with van der Waals surface area (Å²) in [7, 11) is 0. The van der Waals surface area contributed by atoms with Crippen LogP contribution in [0.25, 0.3) is 0 Å². The van der Waals surface area contributed by atoms with Crippen LogP contribution in [0.15, 0.2) is 0 Å². The second-order valence-corrected chi connectivity index (χ2v) is 4.64. The maximum Gasteiger partial charge on any atom is 0.188 e. The summed E-state index contributed by atoms with van der Waals surface area (Å²) in [6, 6.07) is 0. The molecule has 0 aliphatic heterocycles. The largest absolute Gasteiger partial charge is 0.287 e. The van der Waals surface area contributed by atoms with Gasteiger partial charge in [0.05, 0.1) is 0 Å². The highest BCUT2D eigenvalue weighted by atomic mass is 32.2.